The van der Waals surface area contributed by atoms with Gasteiger partial charge in [0.15, 0.2) is 0 Å². The van der Waals surface area contributed by atoms with Gasteiger partial charge in [0.1, 0.15) is 24.2 Å². The molecule has 1 heterocycles. The van der Waals surface area contributed by atoms with Crippen LogP contribution in [0.1, 0.15) is 43.7 Å². The van der Waals surface area contributed by atoms with Crippen LogP contribution < -0.4 is 32.3 Å². The number of amides is 7. The first kappa shape index (κ1) is 43.3. The summed E-state index contributed by atoms with van der Waals surface area (Å²) < 4.78 is 0. The lowest BCUT2D eigenvalue weighted by Gasteiger charge is -2.30. The number of hydrogen-bond donors (Lipinski definition) is 8. The number of halogens is 1. The standard InChI is InChI=1S/C40H47ClN8O8/c1-24(50)45-32(21-26-23-44-29-16-8-6-14-27(26)29)38(55)46-31(18-10-11-19-43-40(57)48-30-17-9-7-15-28(30)41)37(54)47-33(22-35(51)52)39(56)49(2)34(36(42)53)20-25-12-4-3-5-13-25/h3-9,12-17,23,31-34,44H,10-11,18-22H2,1-2H3,(H2,42,53)(H,45,50)(H,46,55)(H,47,54)(H,51,52)(H2,43,48,57)/t31-,32-,33-,34-/m0/s1. The zero-order valence-electron chi connectivity index (χ0n) is 31.5. The number of nitrogens with one attached hydrogen (secondary N) is 6. The molecular formula is C40H47ClN8O8. The summed E-state index contributed by atoms with van der Waals surface area (Å²) in [6.07, 6.45) is 1.60. The van der Waals surface area contributed by atoms with Crippen molar-refractivity contribution in [1.82, 2.24) is 31.2 Å². The minimum atomic E-state index is -1.65. The molecule has 0 bridgehead atoms. The molecule has 57 heavy (non-hydrogen) atoms. The van der Waals surface area contributed by atoms with Crippen molar-refractivity contribution in [3.63, 3.8) is 0 Å². The van der Waals surface area contributed by atoms with Crippen molar-refractivity contribution in [3.8, 4) is 0 Å². The summed E-state index contributed by atoms with van der Waals surface area (Å²) in [5.41, 5.74) is 8.32. The first-order valence-electron chi connectivity index (χ1n) is 18.3. The molecule has 0 saturated heterocycles. The number of anilines is 1. The summed E-state index contributed by atoms with van der Waals surface area (Å²) in [7, 11) is 1.29. The lowest BCUT2D eigenvalue weighted by atomic mass is 10.0. The number of hydrogen-bond acceptors (Lipinski definition) is 7. The number of carboxylic acids is 1. The molecule has 16 nitrogen and oxygen atoms in total. The molecule has 0 radical (unpaired) electrons. The number of fused-ring (bicyclic) bond motifs is 1. The minimum Gasteiger partial charge on any atom is -0.481 e. The maximum Gasteiger partial charge on any atom is 0.319 e. The summed E-state index contributed by atoms with van der Waals surface area (Å²) in [5, 5.41) is 24.1. The Morgan fingerprint density at radius 2 is 1.46 bits per heavy atom. The smallest absolute Gasteiger partial charge is 0.319 e. The van der Waals surface area contributed by atoms with Gasteiger partial charge in [-0.1, -0.05) is 72.3 Å². The number of carboxylic acid groups (broad SMARTS) is 1. The Morgan fingerprint density at radius 1 is 0.807 bits per heavy atom. The van der Waals surface area contributed by atoms with Crippen LogP contribution in [0.15, 0.2) is 85.1 Å². The van der Waals surface area contributed by atoms with Gasteiger partial charge in [0.05, 0.1) is 17.1 Å². The number of para-hydroxylation sites is 2. The van der Waals surface area contributed by atoms with E-state index in [-0.39, 0.29) is 32.2 Å². The van der Waals surface area contributed by atoms with E-state index in [0.717, 1.165) is 21.4 Å². The van der Waals surface area contributed by atoms with Crippen LogP contribution in [0.3, 0.4) is 0 Å². The number of nitrogens with two attached hydrogens (primary N) is 1. The second kappa shape index (κ2) is 21.0. The Bertz CT molecular complexity index is 2060. The zero-order chi connectivity index (χ0) is 41.5. The van der Waals surface area contributed by atoms with Crippen molar-refractivity contribution in [3.05, 3.63) is 101 Å². The van der Waals surface area contributed by atoms with Crippen molar-refractivity contribution >= 4 is 69.7 Å². The molecule has 4 rings (SSSR count). The van der Waals surface area contributed by atoms with Gasteiger partial charge in [0.25, 0.3) is 0 Å². The summed E-state index contributed by atoms with van der Waals surface area (Å²) in [6, 6.07) is 17.1. The monoisotopic (exact) mass is 802 g/mol. The number of primary amides is 1. The molecule has 4 atom stereocenters. The maximum absolute atomic E-state index is 14.0. The number of benzene rings is 3. The highest BCUT2D eigenvalue weighted by molar-refractivity contribution is 6.33. The predicted molar refractivity (Wildman–Crippen MR) is 214 cm³/mol. The van der Waals surface area contributed by atoms with Gasteiger partial charge in [-0.15, -0.1) is 0 Å². The van der Waals surface area contributed by atoms with Gasteiger partial charge >= 0.3 is 12.0 Å². The third-order valence-corrected chi connectivity index (χ3v) is 9.49. The number of aliphatic carboxylic acids is 1. The molecule has 3 aromatic carbocycles. The van der Waals surface area contributed by atoms with Gasteiger partial charge in [0, 0.05) is 50.5 Å². The second-order valence-corrected chi connectivity index (χ2v) is 13.9. The molecule has 0 saturated carbocycles. The molecule has 0 aliphatic carbocycles. The Hall–Kier alpha value is -6.42. The van der Waals surface area contributed by atoms with Crippen LogP contribution in [0.2, 0.25) is 5.02 Å². The van der Waals surface area contributed by atoms with Crippen LogP contribution in [0, 0.1) is 0 Å². The molecule has 9 N–H and O–H groups in total. The van der Waals surface area contributed by atoms with Crippen LogP contribution in [0.4, 0.5) is 10.5 Å². The van der Waals surface area contributed by atoms with Crippen LogP contribution >= 0.6 is 11.6 Å². The summed E-state index contributed by atoms with van der Waals surface area (Å²) >= 11 is 6.12. The second-order valence-electron chi connectivity index (χ2n) is 13.5. The Balaban J connectivity index is 1.51. The number of rotatable bonds is 20. The van der Waals surface area contributed by atoms with Crippen molar-refractivity contribution in [1.29, 1.82) is 0 Å². The highest BCUT2D eigenvalue weighted by Crippen LogP contribution is 2.21. The van der Waals surface area contributed by atoms with Crippen LogP contribution in [0.25, 0.3) is 10.9 Å². The van der Waals surface area contributed by atoms with E-state index in [1.165, 1.54) is 14.0 Å². The molecule has 302 valence electrons. The van der Waals surface area contributed by atoms with E-state index in [0.29, 0.717) is 22.7 Å². The Morgan fingerprint density at radius 3 is 2.14 bits per heavy atom. The average Bonchev–Trinajstić information content (AvgIpc) is 3.58. The number of urea groups is 1. The third-order valence-electron chi connectivity index (χ3n) is 9.16. The highest BCUT2D eigenvalue weighted by Gasteiger charge is 2.35. The van der Waals surface area contributed by atoms with Gasteiger partial charge in [-0.05, 0) is 48.6 Å². The molecule has 0 aliphatic heterocycles. The van der Waals surface area contributed by atoms with Crippen molar-refractivity contribution < 1.29 is 38.7 Å². The van der Waals surface area contributed by atoms with Gasteiger partial charge in [-0.2, -0.15) is 0 Å². The van der Waals surface area contributed by atoms with E-state index in [4.69, 9.17) is 17.3 Å². The number of unbranched alkanes of at least 4 members (excludes halogenated alkanes) is 1. The number of aromatic nitrogens is 1. The number of aromatic amines is 1. The first-order valence-corrected chi connectivity index (χ1v) is 18.6. The molecule has 17 heteroatoms. The van der Waals surface area contributed by atoms with E-state index in [1.807, 2.05) is 24.3 Å². The van der Waals surface area contributed by atoms with Crippen LogP contribution in [0.5, 0.6) is 0 Å². The summed E-state index contributed by atoms with van der Waals surface area (Å²) in [5.74, 6) is -5.22. The van der Waals surface area contributed by atoms with Crippen molar-refractivity contribution in [2.45, 2.75) is 69.6 Å². The fourth-order valence-electron chi connectivity index (χ4n) is 6.23. The molecule has 7 amide bonds. The van der Waals surface area contributed by atoms with Gasteiger partial charge < -0.3 is 47.3 Å². The van der Waals surface area contributed by atoms with Gasteiger partial charge in [-0.25, -0.2) is 4.79 Å². The summed E-state index contributed by atoms with van der Waals surface area (Å²) in [4.78, 5) is 94.9. The highest BCUT2D eigenvalue weighted by atomic mass is 35.5. The quantitative estimate of drug-likeness (QED) is 0.0616. The SMILES string of the molecule is CC(=O)N[C@@H](Cc1c[nH]c2ccccc12)C(=O)N[C@@H](CCCCNC(=O)Nc1ccccc1Cl)C(=O)N[C@@H](CC(=O)O)C(=O)N(C)[C@@H](Cc1ccccc1)C(N)=O. The van der Waals surface area contributed by atoms with Gasteiger partial charge in [0.2, 0.25) is 29.5 Å². The van der Waals surface area contributed by atoms with Crippen LogP contribution in [-0.2, 0) is 41.6 Å². The fraction of sp³-hybridized carbons (Fsp3) is 0.325. The summed E-state index contributed by atoms with van der Waals surface area (Å²) in [6.45, 7) is 1.43. The van der Waals surface area contributed by atoms with Crippen LogP contribution in [-0.4, -0.2) is 94.3 Å². The molecule has 1 aromatic heterocycles. The molecular weight excluding hydrogens is 756 g/mol. The van der Waals surface area contributed by atoms with E-state index in [1.54, 1.807) is 60.8 Å². The average molecular weight is 803 g/mol. The van der Waals surface area contributed by atoms with Crippen molar-refractivity contribution in [2.24, 2.45) is 5.73 Å². The fourth-order valence-corrected chi connectivity index (χ4v) is 6.42. The number of nitrogens with zero attached hydrogens (tertiary/aromatic N) is 1. The number of H-pyrrole nitrogens is 1. The predicted octanol–water partition coefficient (Wildman–Crippen LogP) is 2.86. The Kier molecular flexibility index (Phi) is 16.0. The molecule has 0 spiro atoms. The molecule has 4 aromatic rings. The maximum atomic E-state index is 14.0. The van der Waals surface area contributed by atoms with Crippen molar-refractivity contribution in [2.75, 3.05) is 18.9 Å². The topological polar surface area (TPSA) is 245 Å². The Labute approximate surface area is 334 Å². The number of carbonyl (C=O) groups excluding carboxylic acids is 6. The minimum absolute atomic E-state index is 0.00694. The lowest BCUT2D eigenvalue weighted by molar-refractivity contribution is -0.146. The third kappa shape index (κ3) is 13.1. The lowest BCUT2D eigenvalue weighted by Crippen LogP contribution is -2.59. The number of likely N-dealkylation sites (N-methyl/N-ethyl adjacent to an activating group) is 1. The molecule has 0 aliphatic rings. The number of carbonyl (C=O) groups is 7. The molecule has 0 fully saturated rings. The normalized spacial score (nSPS) is 13.0. The van der Waals surface area contributed by atoms with E-state index >= 15 is 0 Å². The zero-order valence-corrected chi connectivity index (χ0v) is 32.3. The van der Waals surface area contributed by atoms with E-state index < -0.39 is 72.1 Å². The van der Waals surface area contributed by atoms with E-state index in [9.17, 15) is 38.7 Å². The molecule has 0 unspecified atom stereocenters. The van der Waals surface area contributed by atoms with E-state index in [2.05, 4.69) is 31.6 Å². The largest absolute Gasteiger partial charge is 0.481 e. The first-order chi connectivity index (χ1) is 27.2. The van der Waals surface area contributed by atoms with Gasteiger partial charge in [-0.3, -0.25) is 28.8 Å².